The first-order valence-corrected chi connectivity index (χ1v) is 5.35. The number of carbonyl (C=O) groups is 1. The lowest BCUT2D eigenvalue weighted by molar-refractivity contribution is -0.138. The van der Waals surface area contributed by atoms with Crippen LogP contribution < -0.4 is 5.73 Å². The van der Waals surface area contributed by atoms with Crippen molar-refractivity contribution in [2.45, 2.75) is 32.7 Å². The van der Waals surface area contributed by atoms with Gasteiger partial charge in [-0.1, -0.05) is 5.16 Å². The fourth-order valence-corrected chi connectivity index (χ4v) is 1.54. The Kier molecular flexibility index (Phi) is 3.74. The summed E-state index contributed by atoms with van der Waals surface area (Å²) in [7, 11) is 0. The molecule has 6 nitrogen and oxygen atoms in total. The summed E-state index contributed by atoms with van der Waals surface area (Å²) in [6, 6.07) is 0.199. The number of oxime groups is 1. The van der Waals surface area contributed by atoms with E-state index in [1.165, 1.54) is 0 Å². The minimum absolute atomic E-state index is 0.0749. The predicted octanol–water partition coefficient (Wildman–Crippen LogP) is -0.258. The summed E-state index contributed by atoms with van der Waals surface area (Å²) in [5.41, 5.74) is 4.46. The van der Waals surface area contributed by atoms with Crippen LogP contribution in [0.25, 0.3) is 0 Å². The van der Waals surface area contributed by atoms with E-state index in [0.29, 0.717) is 6.54 Å². The minimum Gasteiger partial charge on any atom is -0.409 e. The number of hydrogen-bond donors (Lipinski definition) is 3. The molecule has 0 aromatic heterocycles. The lowest BCUT2D eigenvalue weighted by Crippen LogP contribution is -2.49. The highest BCUT2D eigenvalue weighted by molar-refractivity contribution is 6.06. The number of carbonyl (C=O) groups excluding carboxylic acids is 1. The van der Waals surface area contributed by atoms with Crippen LogP contribution in [-0.2, 0) is 4.79 Å². The molecule has 0 heterocycles. The van der Waals surface area contributed by atoms with Gasteiger partial charge in [0.1, 0.15) is 5.41 Å². The zero-order chi connectivity index (χ0) is 12.3. The zero-order valence-electron chi connectivity index (χ0n) is 9.68. The quantitative estimate of drug-likeness (QED) is 0.262. The van der Waals surface area contributed by atoms with Crippen molar-refractivity contribution in [2.75, 3.05) is 13.2 Å². The second-order valence-corrected chi connectivity index (χ2v) is 4.56. The number of aliphatic hydroxyl groups excluding tert-OH is 1. The monoisotopic (exact) mass is 229 g/mol. The van der Waals surface area contributed by atoms with Crippen molar-refractivity contribution in [1.29, 1.82) is 0 Å². The molecule has 0 saturated heterocycles. The highest BCUT2D eigenvalue weighted by Crippen LogP contribution is 2.30. The molecule has 0 radical (unpaired) electrons. The molecule has 0 spiro atoms. The van der Waals surface area contributed by atoms with Crippen LogP contribution in [0.2, 0.25) is 0 Å². The van der Waals surface area contributed by atoms with E-state index < -0.39 is 5.41 Å². The number of amides is 1. The van der Waals surface area contributed by atoms with E-state index in [-0.39, 0.29) is 24.4 Å². The van der Waals surface area contributed by atoms with Gasteiger partial charge in [0.15, 0.2) is 5.84 Å². The molecule has 1 saturated carbocycles. The second kappa shape index (κ2) is 4.69. The SMILES string of the molecule is CC(C)(C(=O)N(CCO)C1CC1)C(N)=NO. The number of hydrogen-bond acceptors (Lipinski definition) is 4. The van der Waals surface area contributed by atoms with Crippen LogP contribution in [-0.4, -0.2) is 46.1 Å². The Hall–Kier alpha value is -1.30. The van der Waals surface area contributed by atoms with Gasteiger partial charge in [0, 0.05) is 12.6 Å². The Morgan fingerprint density at radius 1 is 1.56 bits per heavy atom. The first-order valence-electron chi connectivity index (χ1n) is 5.35. The van der Waals surface area contributed by atoms with Gasteiger partial charge in [-0.05, 0) is 26.7 Å². The van der Waals surface area contributed by atoms with Gasteiger partial charge < -0.3 is 20.9 Å². The third kappa shape index (κ3) is 2.44. The van der Waals surface area contributed by atoms with E-state index in [9.17, 15) is 4.79 Å². The van der Waals surface area contributed by atoms with Gasteiger partial charge in [0.25, 0.3) is 0 Å². The lowest BCUT2D eigenvalue weighted by Gasteiger charge is -2.30. The third-order valence-corrected chi connectivity index (χ3v) is 2.87. The maximum atomic E-state index is 12.2. The van der Waals surface area contributed by atoms with Crippen molar-refractivity contribution in [2.24, 2.45) is 16.3 Å². The normalized spacial score (nSPS) is 17.3. The van der Waals surface area contributed by atoms with Crippen molar-refractivity contribution in [3.05, 3.63) is 0 Å². The van der Waals surface area contributed by atoms with Gasteiger partial charge in [0.2, 0.25) is 5.91 Å². The molecule has 1 amide bonds. The minimum atomic E-state index is -1.04. The average Bonchev–Trinajstić information content (AvgIpc) is 3.07. The van der Waals surface area contributed by atoms with Gasteiger partial charge in [-0.3, -0.25) is 4.79 Å². The molecule has 0 aromatic carbocycles. The molecule has 0 aromatic rings. The largest absolute Gasteiger partial charge is 0.409 e. The molecule has 16 heavy (non-hydrogen) atoms. The summed E-state index contributed by atoms with van der Waals surface area (Å²) in [5.74, 6) is -0.319. The number of amidine groups is 1. The van der Waals surface area contributed by atoms with Crippen molar-refractivity contribution < 1.29 is 15.1 Å². The smallest absolute Gasteiger partial charge is 0.236 e. The van der Waals surface area contributed by atoms with Crippen molar-refractivity contribution in [1.82, 2.24) is 4.90 Å². The molecule has 0 unspecified atom stereocenters. The van der Waals surface area contributed by atoms with Gasteiger partial charge >= 0.3 is 0 Å². The molecule has 0 atom stereocenters. The fraction of sp³-hybridized carbons (Fsp3) is 0.800. The van der Waals surface area contributed by atoms with Crippen molar-refractivity contribution in [3.63, 3.8) is 0 Å². The standard InChI is InChI=1S/C10H19N3O3/c1-10(2,8(11)12-16)9(15)13(5-6-14)7-3-4-7/h7,14,16H,3-6H2,1-2H3,(H2,11,12). The molecule has 0 aliphatic heterocycles. The molecule has 1 aliphatic rings. The second-order valence-electron chi connectivity index (χ2n) is 4.56. The van der Waals surface area contributed by atoms with Crippen LogP contribution in [0.15, 0.2) is 5.16 Å². The molecule has 4 N–H and O–H groups in total. The fourth-order valence-electron chi connectivity index (χ4n) is 1.54. The predicted molar refractivity (Wildman–Crippen MR) is 59.0 cm³/mol. The van der Waals surface area contributed by atoms with E-state index in [1.54, 1.807) is 18.7 Å². The third-order valence-electron chi connectivity index (χ3n) is 2.87. The van der Waals surface area contributed by atoms with Crippen molar-refractivity contribution in [3.8, 4) is 0 Å². The summed E-state index contributed by atoms with van der Waals surface area (Å²) in [5, 5.41) is 20.4. The topological polar surface area (TPSA) is 99.2 Å². The summed E-state index contributed by atoms with van der Waals surface area (Å²) >= 11 is 0. The Morgan fingerprint density at radius 2 is 2.12 bits per heavy atom. The van der Waals surface area contributed by atoms with Gasteiger partial charge in [0.05, 0.1) is 6.61 Å². The Bertz CT molecular complexity index is 298. The van der Waals surface area contributed by atoms with Gasteiger partial charge in [-0.25, -0.2) is 0 Å². The van der Waals surface area contributed by atoms with E-state index in [4.69, 9.17) is 16.0 Å². The van der Waals surface area contributed by atoms with Crippen LogP contribution in [0.1, 0.15) is 26.7 Å². The average molecular weight is 229 g/mol. The summed E-state index contributed by atoms with van der Waals surface area (Å²) in [4.78, 5) is 13.8. The number of aliphatic hydroxyl groups is 1. The molecule has 1 aliphatic carbocycles. The molecule has 1 rings (SSSR count). The Morgan fingerprint density at radius 3 is 2.50 bits per heavy atom. The summed E-state index contributed by atoms with van der Waals surface area (Å²) < 4.78 is 0. The molecule has 1 fully saturated rings. The first kappa shape index (κ1) is 12.8. The van der Waals surface area contributed by atoms with Crippen LogP contribution in [0.4, 0.5) is 0 Å². The van der Waals surface area contributed by atoms with E-state index >= 15 is 0 Å². The highest BCUT2D eigenvalue weighted by Gasteiger charge is 2.41. The van der Waals surface area contributed by atoms with E-state index in [2.05, 4.69) is 5.16 Å². The van der Waals surface area contributed by atoms with Crippen LogP contribution in [0.5, 0.6) is 0 Å². The summed E-state index contributed by atoms with van der Waals surface area (Å²) in [6.45, 7) is 3.44. The molecular weight excluding hydrogens is 210 g/mol. The number of rotatable bonds is 5. The Labute approximate surface area is 94.7 Å². The zero-order valence-corrected chi connectivity index (χ0v) is 9.68. The Balaban J connectivity index is 2.80. The molecule has 6 heteroatoms. The molecule has 92 valence electrons. The number of nitrogens with two attached hydrogens (primary N) is 1. The maximum absolute atomic E-state index is 12.2. The van der Waals surface area contributed by atoms with Crippen molar-refractivity contribution >= 4 is 11.7 Å². The molecule has 0 bridgehead atoms. The lowest BCUT2D eigenvalue weighted by atomic mass is 9.90. The molecular formula is C10H19N3O3. The van der Waals surface area contributed by atoms with Gasteiger partial charge in [-0.2, -0.15) is 0 Å². The first-order chi connectivity index (χ1) is 7.45. The van der Waals surface area contributed by atoms with Gasteiger partial charge in [-0.15, -0.1) is 0 Å². The van der Waals surface area contributed by atoms with Crippen LogP contribution >= 0.6 is 0 Å². The van der Waals surface area contributed by atoms with Crippen LogP contribution in [0.3, 0.4) is 0 Å². The maximum Gasteiger partial charge on any atom is 0.236 e. The van der Waals surface area contributed by atoms with E-state index in [0.717, 1.165) is 12.8 Å². The van der Waals surface area contributed by atoms with E-state index in [1.807, 2.05) is 0 Å². The van der Waals surface area contributed by atoms with Crippen LogP contribution in [0, 0.1) is 5.41 Å². The number of nitrogens with zero attached hydrogens (tertiary/aromatic N) is 2. The summed E-state index contributed by atoms with van der Waals surface area (Å²) in [6.07, 6.45) is 1.91. The highest BCUT2D eigenvalue weighted by atomic mass is 16.4.